The van der Waals surface area contributed by atoms with Crippen molar-refractivity contribution < 1.29 is 9.13 Å². The molecule has 0 saturated heterocycles. The van der Waals surface area contributed by atoms with Crippen LogP contribution in [0.4, 0.5) is 4.39 Å². The van der Waals surface area contributed by atoms with Crippen molar-refractivity contribution in [2.45, 2.75) is 13.2 Å². The van der Waals surface area contributed by atoms with Crippen molar-refractivity contribution in [2.75, 3.05) is 0 Å². The second-order valence-electron chi connectivity index (χ2n) is 3.60. The average molecular weight is 216 g/mol. The molecule has 0 aliphatic rings. The van der Waals surface area contributed by atoms with Gasteiger partial charge in [0.1, 0.15) is 5.82 Å². The van der Waals surface area contributed by atoms with Crippen molar-refractivity contribution in [1.82, 2.24) is 0 Å². The summed E-state index contributed by atoms with van der Waals surface area (Å²) in [4.78, 5) is 0. The average Bonchev–Trinajstić information content (AvgIpc) is 2.33. The Labute approximate surface area is 94.5 Å². The van der Waals surface area contributed by atoms with Crippen molar-refractivity contribution in [2.24, 2.45) is 0 Å². The molecule has 82 valence electrons. The lowest BCUT2D eigenvalue weighted by Gasteiger charge is -2.04. The van der Waals surface area contributed by atoms with E-state index in [2.05, 4.69) is 0 Å². The summed E-state index contributed by atoms with van der Waals surface area (Å²) in [5.74, 6) is -0.216. The maximum Gasteiger partial charge on any atom is 0.123 e. The molecular weight excluding hydrogens is 203 g/mol. The Morgan fingerprint density at radius 2 is 1.31 bits per heavy atom. The topological polar surface area (TPSA) is 9.23 Å². The van der Waals surface area contributed by atoms with Gasteiger partial charge in [0.05, 0.1) is 13.2 Å². The minimum absolute atomic E-state index is 0.216. The van der Waals surface area contributed by atoms with Crippen LogP contribution in [0.3, 0.4) is 0 Å². The lowest BCUT2D eigenvalue weighted by molar-refractivity contribution is 0.107. The first-order valence-electron chi connectivity index (χ1n) is 5.21. The highest BCUT2D eigenvalue weighted by Crippen LogP contribution is 2.06. The Morgan fingerprint density at radius 1 is 0.750 bits per heavy atom. The standard InChI is InChI=1S/C14H13FO/c15-14-8-6-13(7-9-14)11-16-10-12-4-2-1-3-5-12/h1-9H,10-11H2. The van der Waals surface area contributed by atoms with Crippen molar-refractivity contribution in [3.8, 4) is 0 Å². The van der Waals surface area contributed by atoms with Crippen LogP contribution in [0.15, 0.2) is 54.6 Å². The summed E-state index contributed by atoms with van der Waals surface area (Å²) < 4.78 is 18.2. The number of benzene rings is 2. The van der Waals surface area contributed by atoms with Crippen LogP contribution in [0.5, 0.6) is 0 Å². The van der Waals surface area contributed by atoms with Crippen LogP contribution in [0.2, 0.25) is 0 Å². The van der Waals surface area contributed by atoms with Gasteiger partial charge in [-0.2, -0.15) is 0 Å². The van der Waals surface area contributed by atoms with Gasteiger partial charge in [-0.05, 0) is 23.3 Å². The summed E-state index contributed by atoms with van der Waals surface area (Å²) in [5.41, 5.74) is 2.13. The van der Waals surface area contributed by atoms with E-state index < -0.39 is 0 Å². The Balaban J connectivity index is 1.82. The molecule has 0 saturated carbocycles. The Bertz CT molecular complexity index is 422. The Kier molecular flexibility index (Phi) is 3.67. The monoisotopic (exact) mass is 216 g/mol. The highest BCUT2D eigenvalue weighted by molar-refractivity contribution is 5.16. The summed E-state index contributed by atoms with van der Waals surface area (Å²) in [5, 5.41) is 0. The summed E-state index contributed by atoms with van der Waals surface area (Å²) in [6.45, 7) is 1.09. The third-order valence-electron chi connectivity index (χ3n) is 2.29. The molecule has 0 bridgehead atoms. The van der Waals surface area contributed by atoms with E-state index in [4.69, 9.17) is 4.74 Å². The minimum atomic E-state index is -0.216. The van der Waals surface area contributed by atoms with E-state index >= 15 is 0 Å². The first kappa shape index (κ1) is 10.8. The SMILES string of the molecule is Fc1ccc(COCc2ccccc2)cc1. The molecule has 0 spiro atoms. The van der Waals surface area contributed by atoms with Crippen molar-refractivity contribution >= 4 is 0 Å². The molecule has 0 amide bonds. The molecule has 0 N–H and O–H groups in total. The van der Waals surface area contributed by atoms with E-state index in [1.807, 2.05) is 30.3 Å². The van der Waals surface area contributed by atoms with Crippen molar-refractivity contribution in [1.29, 1.82) is 0 Å². The smallest absolute Gasteiger partial charge is 0.123 e. The molecule has 0 aliphatic carbocycles. The van der Waals surface area contributed by atoms with E-state index in [1.54, 1.807) is 12.1 Å². The first-order valence-corrected chi connectivity index (χ1v) is 5.21. The molecule has 1 nitrogen and oxygen atoms in total. The highest BCUT2D eigenvalue weighted by Gasteiger charge is 1.95. The van der Waals surface area contributed by atoms with Crippen LogP contribution in [-0.2, 0) is 18.0 Å². The highest BCUT2D eigenvalue weighted by atomic mass is 19.1. The quantitative estimate of drug-likeness (QED) is 0.759. The van der Waals surface area contributed by atoms with E-state index in [-0.39, 0.29) is 5.82 Å². The molecule has 0 heterocycles. The predicted octanol–water partition coefficient (Wildman–Crippen LogP) is 3.54. The maximum atomic E-state index is 12.6. The molecule has 0 unspecified atom stereocenters. The van der Waals surface area contributed by atoms with Gasteiger partial charge in [0.15, 0.2) is 0 Å². The molecule has 2 aromatic carbocycles. The maximum absolute atomic E-state index is 12.6. The van der Waals surface area contributed by atoms with Gasteiger partial charge in [0, 0.05) is 0 Å². The summed E-state index contributed by atoms with van der Waals surface area (Å²) >= 11 is 0. The normalized spacial score (nSPS) is 10.3. The summed E-state index contributed by atoms with van der Waals surface area (Å²) in [7, 11) is 0. The summed E-state index contributed by atoms with van der Waals surface area (Å²) in [6, 6.07) is 16.3. The molecule has 2 aromatic rings. The van der Waals surface area contributed by atoms with Crippen LogP contribution in [0.25, 0.3) is 0 Å². The third kappa shape index (κ3) is 3.17. The van der Waals surface area contributed by atoms with Crippen molar-refractivity contribution in [3.63, 3.8) is 0 Å². The molecule has 2 rings (SSSR count). The second kappa shape index (κ2) is 5.42. The van der Waals surface area contributed by atoms with E-state index in [0.29, 0.717) is 13.2 Å². The van der Waals surface area contributed by atoms with Gasteiger partial charge in [-0.1, -0.05) is 42.5 Å². The largest absolute Gasteiger partial charge is 0.372 e. The van der Waals surface area contributed by atoms with E-state index in [9.17, 15) is 4.39 Å². The zero-order valence-corrected chi connectivity index (χ0v) is 8.90. The Morgan fingerprint density at radius 3 is 1.94 bits per heavy atom. The predicted molar refractivity (Wildman–Crippen MR) is 61.3 cm³/mol. The fraction of sp³-hybridized carbons (Fsp3) is 0.143. The van der Waals surface area contributed by atoms with Crippen LogP contribution in [-0.4, -0.2) is 0 Å². The van der Waals surface area contributed by atoms with Gasteiger partial charge in [0.25, 0.3) is 0 Å². The van der Waals surface area contributed by atoms with Gasteiger partial charge in [-0.15, -0.1) is 0 Å². The van der Waals surface area contributed by atoms with Crippen LogP contribution >= 0.6 is 0 Å². The molecule has 16 heavy (non-hydrogen) atoms. The fourth-order valence-corrected chi connectivity index (χ4v) is 1.44. The molecule has 0 aliphatic heterocycles. The number of halogens is 1. The number of ether oxygens (including phenoxy) is 1. The lowest BCUT2D eigenvalue weighted by Crippen LogP contribution is -1.93. The number of hydrogen-bond donors (Lipinski definition) is 0. The third-order valence-corrected chi connectivity index (χ3v) is 2.29. The lowest BCUT2D eigenvalue weighted by atomic mass is 10.2. The molecular formula is C14H13FO. The zero-order chi connectivity index (χ0) is 11.2. The molecule has 2 heteroatoms. The van der Waals surface area contributed by atoms with Crippen LogP contribution in [0, 0.1) is 5.82 Å². The van der Waals surface area contributed by atoms with Crippen molar-refractivity contribution in [3.05, 3.63) is 71.5 Å². The molecule has 0 atom stereocenters. The molecule has 0 aromatic heterocycles. The fourth-order valence-electron chi connectivity index (χ4n) is 1.44. The van der Waals surface area contributed by atoms with E-state index in [1.165, 1.54) is 12.1 Å². The summed E-state index contributed by atoms with van der Waals surface area (Å²) in [6.07, 6.45) is 0. The second-order valence-corrected chi connectivity index (χ2v) is 3.60. The molecule has 0 fully saturated rings. The Hall–Kier alpha value is -1.67. The number of hydrogen-bond acceptors (Lipinski definition) is 1. The van der Waals surface area contributed by atoms with Gasteiger partial charge in [-0.3, -0.25) is 0 Å². The van der Waals surface area contributed by atoms with Crippen LogP contribution in [0.1, 0.15) is 11.1 Å². The van der Waals surface area contributed by atoms with Gasteiger partial charge >= 0.3 is 0 Å². The van der Waals surface area contributed by atoms with Gasteiger partial charge < -0.3 is 4.74 Å². The number of rotatable bonds is 4. The zero-order valence-electron chi connectivity index (χ0n) is 8.90. The van der Waals surface area contributed by atoms with Gasteiger partial charge in [-0.25, -0.2) is 4.39 Å². The van der Waals surface area contributed by atoms with E-state index in [0.717, 1.165) is 11.1 Å². The minimum Gasteiger partial charge on any atom is -0.372 e. The first-order chi connectivity index (χ1) is 7.84. The van der Waals surface area contributed by atoms with Gasteiger partial charge in [0.2, 0.25) is 0 Å². The molecule has 0 radical (unpaired) electrons. The van der Waals surface area contributed by atoms with Crippen LogP contribution < -0.4 is 0 Å².